The van der Waals surface area contributed by atoms with Gasteiger partial charge in [0, 0.05) is 0 Å². The molecule has 1 aromatic carbocycles. The predicted octanol–water partition coefficient (Wildman–Crippen LogP) is 3.88. The van der Waals surface area contributed by atoms with E-state index in [2.05, 4.69) is 46.0 Å². The molecule has 0 unspecified atom stereocenters. The third-order valence-electron chi connectivity index (χ3n) is 1.91. The molecule has 13 heavy (non-hydrogen) atoms. The highest BCUT2D eigenvalue weighted by Gasteiger charge is 2.07. The maximum Gasteiger partial charge on any atom is 0.124 e. The van der Waals surface area contributed by atoms with Crippen molar-refractivity contribution >= 4 is 27.3 Å². The summed E-state index contributed by atoms with van der Waals surface area (Å²) in [6.07, 6.45) is 0. The Kier molecular flexibility index (Phi) is 2.47. The molecule has 0 aliphatic rings. The van der Waals surface area contributed by atoms with E-state index in [9.17, 15) is 0 Å². The summed E-state index contributed by atoms with van der Waals surface area (Å²) >= 11 is 5.10. The molecule has 0 saturated heterocycles. The van der Waals surface area contributed by atoms with Crippen LogP contribution in [0.2, 0.25) is 0 Å². The Morgan fingerprint density at radius 1 is 1.31 bits per heavy atom. The van der Waals surface area contributed by atoms with Crippen LogP contribution in [0, 0.1) is 6.92 Å². The summed E-state index contributed by atoms with van der Waals surface area (Å²) in [4.78, 5) is 5.38. The molecular weight excluding hydrogens is 246 g/mol. The Bertz CT molecular complexity index is 422. The first-order valence-electron chi connectivity index (χ1n) is 3.94. The van der Waals surface area contributed by atoms with Gasteiger partial charge in [-0.05, 0) is 34.0 Å². The van der Waals surface area contributed by atoms with Crippen LogP contribution in [-0.4, -0.2) is 4.98 Å². The summed E-state index contributed by atoms with van der Waals surface area (Å²) in [6.45, 7) is 2.11. The molecule has 66 valence electrons. The van der Waals surface area contributed by atoms with Crippen LogP contribution in [0.4, 0.5) is 0 Å². The van der Waals surface area contributed by atoms with Gasteiger partial charge in [-0.2, -0.15) is 0 Å². The Balaban J connectivity index is 2.59. The van der Waals surface area contributed by atoms with Gasteiger partial charge < -0.3 is 0 Å². The molecule has 1 aromatic heterocycles. The number of thiazole rings is 1. The first-order chi connectivity index (χ1) is 6.29. The highest BCUT2D eigenvalue weighted by molar-refractivity contribution is 9.10. The van der Waals surface area contributed by atoms with Crippen molar-refractivity contribution in [2.24, 2.45) is 0 Å². The van der Waals surface area contributed by atoms with Gasteiger partial charge in [-0.3, -0.25) is 0 Å². The summed E-state index contributed by atoms with van der Waals surface area (Å²) in [7, 11) is 0. The number of aryl methyl sites for hydroxylation is 1. The number of aromatic nitrogens is 1. The van der Waals surface area contributed by atoms with Gasteiger partial charge in [0.25, 0.3) is 0 Å². The number of hydrogen-bond acceptors (Lipinski definition) is 2. The second kappa shape index (κ2) is 3.60. The zero-order valence-electron chi connectivity index (χ0n) is 7.12. The zero-order valence-corrected chi connectivity index (χ0v) is 9.52. The molecule has 2 aromatic rings. The van der Waals surface area contributed by atoms with Gasteiger partial charge in [0.1, 0.15) is 4.60 Å². The molecule has 3 heteroatoms. The van der Waals surface area contributed by atoms with Crippen LogP contribution in [0.15, 0.2) is 34.4 Å². The smallest absolute Gasteiger partial charge is 0.124 e. The van der Waals surface area contributed by atoms with E-state index in [4.69, 9.17) is 0 Å². The molecule has 0 atom stereocenters. The highest BCUT2D eigenvalue weighted by atomic mass is 79.9. The average molecular weight is 254 g/mol. The molecule has 0 bridgehead atoms. The highest BCUT2D eigenvalue weighted by Crippen LogP contribution is 2.32. The predicted molar refractivity (Wildman–Crippen MR) is 60.0 cm³/mol. The lowest BCUT2D eigenvalue weighted by Crippen LogP contribution is -1.79. The average Bonchev–Trinajstić information content (AvgIpc) is 2.52. The van der Waals surface area contributed by atoms with Crippen LogP contribution in [-0.2, 0) is 0 Å². The van der Waals surface area contributed by atoms with Crippen LogP contribution in [0.5, 0.6) is 0 Å². The molecule has 0 amide bonds. The largest absolute Gasteiger partial charge is 0.237 e. The molecule has 1 heterocycles. The number of nitrogens with zero attached hydrogens (tertiary/aromatic N) is 1. The van der Waals surface area contributed by atoms with Crippen LogP contribution < -0.4 is 0 Å². The van der Waals surface area contributed by atoms with Crippen molar-refractivity contribution < 1.29 is 0 Å². The van der Waals surface area contributed by atoms with E-state index in [1.54, 1.807) is 11.3 Å². The van der Waals surface area contributed by atoms with Crippen LogP contribution in [0.3, 0.4) is 0 Å². The molecule has 0 spiro atoms. The van der Waals surface area contributed by atoms with E-state index < -0.39 is 0 Å². The van der Waals surface area contributed by atoms with Crippen molar-refractivity contribution in [1.82, 2.24) is 4.98 Å². The van der Waals surface area contributed by atoms with Gasteiger partial charge in [0.15, 0.2) is 0 Å². The third-order valence-corrected chi connectivity index (χ3v) is 3.64. The standard InChI is InChI=1S/C10H8BrNS/c1-7-4-2-3-5-8(7)9-10(11)12-6-13-9/h2-6H,1H3. The Morgan fingerprint density at radius 3 is 2.69 bits per heavy atom. The van der Waals surface area contributed by atoms with Crippen molar-refractivity contribution in [2.45, 2.75) is 6.92 Å². The quantitative estimate of drug-likeness (QED) is 0.752. The minimum absolute atomic E-state index is 0.937. The lowest BCUT2D eigenvalue weighted by atomic mass is 10.1. The van der Waals surface area contributed by atoms with Crippen molar-refractivity contribution in [2.75, 3.05) is 0 Å². The van der Waals surface area contributed by atoms with E-state index in [1.807, 2.05) is 11.6 Å². The topological polar surface area (TPSA) is 12.9 Å². The van der Waals surface area contributed by atoms with Gasteiger partial charge in [-0.25, -0.2) is 4.98 Å². The fourth-order valence-electron chi connectivity index (χ4n) is 1.23. The molecule has 1 nitrogen and oxygen atoms in total. The molecule has 0 radical (unpaired) electrons. The number of hydrogen-bond donors (Lipinski definition) is 0. The van der Waals surface area contributed by atoms with Gasteiger partial charge in [-0.15, -0.1) is 11.3 Å². The fourth-order valence-corrected chi connectivity index (χ4v) is 2.74. The number of halogens is 1. The first kappa shape index (κ1) is 8.91. The molecule has 0 fully saturated rings. The van der Waals surface area contributed by atoms with Crippen LogP contribution in [0.25, 0.3) is 10.4 Å². The monoisotopic (exact) mass is 253 g/mol. The molecule has 0 aliphatic heterocycles. The Morgan fingerprint density at radius 2 is 2.08 bits per heavy atom. The van der Waals surface area contributed by atoms with E-state index in [-0.39, 0.29) is 0 Å². The fraction of sp³-hybridized carbons (Fsp3) is 0.100. The summed E-state index contributed by atoms with van der Waals surface area (Å²) in [6, 6.07) is 8.33. The van der Waals surface area contributed by atoms with Crippen molar-refractivity contribution in [3.8, 4) is 10.4 Å². The van der Waals surface area contributed by atoms with Crippen LogP contribution >= 0.6 is 27.3 Å². The SMILES string of the molecule is Cc1ccccc1-c1scnc1Br. The van der Waals surface area contributed by atoms with E-state index >= 15 is 0 Å². The Labute approximate surface area is 89.6 Å². The lowest BCUT2D eigenvalue weighted by Gasteiger charge is -2.01. The van der Waals surface area contributed by atoms with Gasteiger partial charge >= 0.3 is 0 Å². The maximum atomic E-state index is 4.17. The number of rotatable bonds is 1. The normalized spacial score (nSPS) is 10.3. The third kappa shape index (κ3) is 1.67. The van der Waals surface area contributed by atoms with Gasteiger partial charge in [-0.1, -0.05) is 24.3 Å². The first-order valence-corrected chi connectivity index (χ1v) is 5.61. The lowest BCUT2D eigenvalue weighted by molar-refractivity contribution is 1.36. The summed E-state index contributed by atoms with van der Waals surface area (Å²) in [5, 5.41) is 0. The van der Waals surface area contributed by atoms with E-state index in [1.165, 1.54) is 16.0 Å². The minimum Gasteiger partial charge on any atom is -0.237 e. The molecular formula is C10H8BrNS. The second-order valence-corrected chi connectivity index (χ2v) is 4.39. The van der Waals surface area contributed by atoms with Crippen LogP contribution in [0.1, 0.15) is 5.56 Å². The van der Waals surface area contributed by atoms with Gasteiger partial charge in [0.05, 0.1) is 10.4 Å². The molecule has 2 rings (SSSR count). The maximum absolute atomic E-state index is 4.17. The van der Waals surface area contributed by atoms with Gasteiger partial charge in [0.2, 0.25) is 0 Å². The second-order valence-electron chi connectivity index (χ2n) is 2.79. The summed E-state index contributed by atoms with van der Waals surface area (Å²) < 4.78 is 0.937. The van der Waals surface area contributed by atoms with Crippen molar-refractivity contribution in [3.63, 3.8) is 0 Å². The molecule has 0 saturated carbocycles. The van der Waals surface area contributed by atoms with Crippen molar-refractivity contribution in [1.29, 1.82) is 0 Å². The molecule has 0 N–H and O–H groups in total. The summed E-state index contributed by atoms with van der Waals surface area (Å²) in [5.41, 5.74) is 4.40. The van der Waals surface area contributed by atoms with E-state index in [0.717, 1.165) is 4.60 Å². The Hall–Kier alpha value is -0.670. The molecule has 0 aliphatic carbocycles. The minimum atomic E-state index is 0.937. The number of benzene rings is 1. The van der Waals surface area contributed by atoms with E-state index in [0.29, 0.717) is 0 Å². The zero-order chi connectivity index (χ0) is 9.26. The van der Waals surface area contributed by atoms with Crippen molar-refractivity contribution in [3.05, 3.63) is 39.9 Å². The summed E-state index contributed by atoms with van der Waals surface area (Å²) in [5.74, 6) is 0.